The van der Waals surface area contributed by atoms with Crippen molar-refractivity contribution < 1.29 is 80.2 Å². The van der Waals surface area contributed by atoms with E-state index in [4.69, 9.17) is 37.0 Å². The predicted octanol–water partition coefficient (Wildman–Crippen LogP) is 22.3. The molecule has 0 aliphatic rings. The number of hydrogen-bond donors (Lipinski definition) is 3. The molecule has 0 saturated heterocycles. The van der Waals surface area contributed by atoms with E-state index in [1.54, 1.807) is 0 Å². The summed E-state index contributed by atoms with van der Waals surface area (Å²) < 4.78 is 68.5. The molecule has 6 atom stereocenters. The van der Waals surface area contributed by atoms with Crippen LogP contribution in [0.25, 0.3) is 0 Å². The van der Waals surface area contributed by atoms with Crippen molar-refractivity contribution in [2.45, 2.75) is 413 Å². The number of hydrogen-bond acceptors (Lipinski definition) is 15. The van der Waals surface area contributed by atoms with E-state index in [0.717, 1.165) is 108 Å². The zero-order chi connectivity index (χ0) is 70.0. The van der Waals surface area contributed by atoms with Gasteiger partial charge in [-0.15, -0.1) is 0 Å². The van der Waals surface area contributed by atoms with E-state index in [9.17, 15) is 43.2 Å². The van der Waals surface area contributed by atoms with Crippen LogP contribution >= 0.6 is 15.6 Å². The maximum Gasteiger partial charge on any atom is 0.472 e. The Morgan fingerprint density at radius 3 is 0.800 bits per heavy atom. The first-order valence-corrected chi connectivity index (χ1v) is 42.5. The van der Waals surface area contributed by atoms with Gasteiger partial charge in [0.2, 0.25) is 0 Å². The van der Waals surface area contributed by atoms with Crippen molar-refractivity contribution >= 4 is 39.5 Å². The molecule has 0 amide bonds. The van der Waals surface area contributed by atoms with E-state index >= 15 is 0 Å². The molecule has 3 N–H and O–H groups in total. The van der Waals surface area contributed by atoms with Crippen molar-refractivity contribution in [3.8, 4) is 0 Å². The Labute approximate surface area is 581 Å². The highest BCUT2D eigenvalue weighted by Crippen LogP contribution is 2.45. The van der Waals surface area contributed by atoms with Gasteiger partial charge in [-0.05, 0) is 37.5 Å². The minimum absolute atomic E-state index is 0.105. The standard InChI is InChI=1S/C76H148O17P2/c1-7-10-12-14-16-18-19-20-21-25-28-31-34-41-47-53-59-74(79)87-65-72(92-75(80)60-54-48-42-35-32-29-26-23-22-24-27-30-33-38-44-50-56-68(4)5)67-91-95(84,85)89-63-70(77)62-88-94(82,83)90-66-71(64-86-73(78)58-52-46-40-17-15-13-11-8-2)93-76(81)61-55-49-43-37-36-39-45-51-57-69(6)9-3/h68-72,77H,7-67H2,1-6H3,(H,82,83)(H,84,85)/t69?,70-,71+,72+/m0/s1. The number of unbranched alkanes of at least 4 members (excludes halogenated alkanes) is 44. The number of esters is 4. The predicted molar refractivity (Wildman–Crippen MR) is 386 cm³/mol. The number of aliphatic hydroxyl groups excluding tert-OH is 1. The highest BCUT2D eigenvalue weighted by Gasteiger charge is 2.30. The van der Waals surface area contributed by atoms with Crippen molar-refractivity contribution in [2.24, 2.45) is 11.8 Å². The fourth-order valence-electron chi connectivity index (χ4n) is 11.6. The third-order valence-electron chi connectivity index (χ3n) is 18.1. The second-order valence-corrected chi connectivity index (χ2v) is 31.0. The molecule has 564 valence electrons. The Morgan fingerprint density at radius 1 is 0.305 bits per heavy atom. The van der Waals surface area contributed by atoms with Crippen LogP contribution in [0.5, 0.6) is 0 Å². The molecule has 0 aliphatic carbocycles. The quantitative estimate of drug-likeness (QED) is 0.0222. The summed E-state index contributed by atoms with van der Waals surface area (Å²) in [6.45, 7) is 9.60. The molecule has 0 spiro atoms. The first kappa shape index (κ1) is 93.1. The molecule has 0 bridgehead atoms. The van der Waals surface area contributed by atoms with Gasteiger partial charge < -0.3 is 33.8 Å². The average Bonchev–Trinajstić information content (AvgIpc) is 2.47. The molecule has 3 unspecified atom stereocenters. The highest BCUT2D eigenvalue weighted by molar-refractivity contribution is 7.47. The summed E-state index contributed by atoms with van der Waals surface area (Å²) in [4.78, 5) is 72.7. The fourth-order valence-corrected chi connectivity index (χ4v) is 13.2. The van der Waals surface area contributed by atoms with Crippen LogP contribution in [0.2, 0.25) is 0 Å². The molecule has 0 aromatic heterocycles. The summed E-state index contributed by atoms with van der Waals surface area (Å²) in [5.41, 5.74) is 0. The Morgan fingerprint density at radius 2 is 0.537 bits per heavy atom. The van der Waals surface area contributed by atoms with E-state index in [0.29, 0.717) is 25.7 Å². The normalized spacial score (nSPS) is 14.3. The molecule has 0 aromatic rings. The van der Waals surface area contributed by atoms with Crippen LogP contribution in [0, 0.1) is 11.8 Å². The number of phosphoric ester groups is 2. The molecule has 0 radical (unpaired) electrons. The number of aliphatic hydroxyl groups is 1. The molecule has 0 aliphatic heterocycles. The largest absolute Gasteiger partial charge is 0.472 e. The summed E-state index contributed by atoms with van der Waals surface area (Å²) in [6, 6.07) is 0. The van der Waals surface area contributed by atoms with Gasteiger partial charge in [0.05, 0.1) is 26.4 Å². The summed E-state index contributed by atoms with van der Waals surface area (Å²) in [5.74, 6) is -0.540. The van der Waals surface area contributed by atoms with Crippen LogP contribution in [0.3, 0.4) is 0 Å². The maximum absolute atomic E-state index is 13.1. The lowest BCUT2D eigenvalue weighted by Crippen LogP contribution is -2.30. The first-order chi connectivity index (χ1) is 45.9. The van der Waals surface area contributed by atoms with Crippen LogP contribution in [0.15, 0.2) is 0 Å². The minimum Gasteiger partial charge on any atom is -0.462 e. The summed E-state index contributed by atoms with van der Waals surface area (Å²) in [6.07, 6.45) is 55.5. The maximum atomic E-state index is 13.1. The van der Waals surface area contributed by atoms with E-state index in [1.807, 2.05) is 0 Å². The van der Waals surface area contributed by atoms with Crippen LogP contribution in [-0.4, -0.2) is 96.7 Å². The Hall–Kier alpha value is -1.94. The van der Waals surface area contributed by atoms with E-state index in [2.05, 4.69) is 41.5 Å². The smallest absolute Gasteiger partial charge is 0.462 e. The zero-order valence-corrected chi connectivity index (χ0v) is 63.8. The summed E-state index contributed by atoms with van der Waals surface area (Å²) >= 11 is 0. The van der Waals surface area contributed by atoms with Crippen molar-refractivity contribution in [3.05, 3.63) is 0 Å². The molecular weight excluding hydrogens is 1250 g/mol. The molecular formula is C76H148O17P2. The molecule has 19 heteroatoms. The van der Waals surface area contributed by atoms with Gasteiger partial charge >= 0.3 is 39.5 Å². The lowest BCUT2D eigenvalue weighted by Gasteiger charge is -2.21. The first-order valence-electron chi connectivity index (χ1n) is 39.5. The average molecular weight is 1400 g/mol. The lowest BCUT2D eigenvalue weighted by atomic mass is 9.99. The number of ether oxygens (including phenoxy) is 4. The van der Waals surface area contributed by atoms with Crippen LogP contribution in [0.1, 0.15) is 395 Å². The SMILES string of the molecule is CCCCCCCCCCCCCCCCCCC(=O)OC[C@H](COP(=O)(O)OC[C@@H](O)COP(=O)(O)OC[C@@H](COC(=O)CCCCCCCCCC)OC(=O)CCCCCCCCCCC(C)CC)OC(=O)CCCCCCCCCCCCCCCCCCC(C)C. The Balaban J connectivity index is 5.21. The van der Waals surface area contributed by atoms with Gasteiger partial charge in [-0.1, -0.05) is 343 Å². The molecule has 0 rings (SSSR count). The highest BCUT2D eigenvalue weighted by atomic mass is 31.2. The minimum atomic E-state index is -4.96. The van der Waals surface area contributed by atoms with E-state index in [1.165, 1.54) is 205 Å². The Bertz CT molecular complexity index is 1840. The van der Waals surface area contributed by atoms with Gasteiger partial charge in [-0.2, -0.15) is 0 Å². The van der Waals surface area contributed by atoms with Gasteiger partial charge in [-0.25, -0.2) is 9.13 Å². The van der Waals surface area contributed by atoms with Gasteiger partial charge in [-0.3, -0.25) is 37.3 Å². The van der Waals surface area contributed by atoms with Gasteiger partial charge in [0, 0.05) is 25.7 Å². The number of carbonyl (C=O) groups excluding carboxylic acids is 4. The third kappa shape index (κ3) is 69.0. The van der Waals surface area contributed by atoms with Gasteiger partial charge in [0.25, 0.3) is 0 Å². The topological polar surface area (TPSA) is 237 Å². The third-order valence-corrected chi connectivity index (χ3v) is 20.0. The summed E-state index contributed by atoms with van der Waals surface area (Å²) in [7, 11) is -9.91. The molecule has 95 heavy (non-hydrogen) atoms. The van der Waals surface area contributed by atoms with Crippen molar-refractivity contribution in [1.82, 2.24) is 0 Å². The monoisotopic (exact) mass is 1400 g/mol. The van der Waals surface area contributed by atoms with Crippen LogP contribution < -0.4 is 0 Å². The second kappa shape index (κ2) is 67.9. The van der Waals surface area contributed by atoms with E-state index in [-0.39, 0.29) is 25.7 Å². The van der Waals surface area contributed by atoms with Crippen LogP contribution in [0.4, 0.5) is 0 Å². The Kier molecular flexibility index (Phi) is 66.5. The molecule has 0 aromatic carbocycles. The second-order valence-electron chi connectivity index (χ2n) is 28.1. The van der Waals surface area contributed by atoms with Crippen LogP contribution in [-0.2, 0) is 65.4 Å². The summed E-state index contributed by atoms with van der Waals surface area (Å²) in [5, 5.41) is 10.6. The molecule has 17 nitrogen and oxygen atoms in total. The molecule has 0 saturated carbocycles. The van der Waals surface area contributed by atoms with Crippen molar-refractivity contribution in [3.63, 3.8) is 0 Å². The van der Waals surface area contributed by atoms with Gasteiger partial charge in [0.15, 0.2) is 12.2 Å². The van der Waals surface area contributed by atoms with Gasteiger partial charge in [0.1, 0.15) is 19.3 Å². The van der Waals surface area contributed by atoms with Crippen molar-refractivity contribution in [1.29, 1.82) is 0 Å². The number of carbonyl (C=O) groups is 4. The fraction of sp³-hybridized carbons (Fsp3) is 0.947. The van der Waals surface area contributed by atoms with Crippen molar-refractivity contribution in [2.75, 3.05) is 39.6 Å². The lowest BCUT2D eigenvalue weighted by molar-refractivity contribution is -0.161. The number of phosphoric acid groups is 2. The van der Waals surface area contributed by atoms with E-state index < -0.39 is 97.5 Å². The zero-order valence-electron chi connectivity index (χ0n) is 62.0. The molecule has 0 heterocycles. The molecule has 0 fully saturated rings. The number of rotatable bonds is 75.